The highest BCUT2D eigenvalue weighted by atomic mass is 35.5. The van der Waals surface area contributed by atoms with Gasteiger partial charge in [-0.25, -0.2) is 4.39 Å². The molecule has 31 heavy (non-hydrogen) atoms. The second kappa shape index (κ2) is 7.10. The molecule has 3 heterocycles. The number of nitrogens with one attached hydrogen (secondary N) is 1. The summed E-state index contributed by atoms with van der Waals surface area (Å²) in [5, 5.41) is 3.33. The second-order valence-electron chi connectivity index (χ2n) is 8.13. The number of likely N-dealkylation sites (N-methyl/N-ethyl adjacent to an activating group) is 1. The van der Waals surface area contributed by atoms with Gasteiger partial charge in [0.15, 0.2) is 17.0 Å². The molecule has 1 saturated heterocycles. The molecule has 1 N–H and O–H groups in total. The fourth-order valence-electron chi connectivity index (χ4n) is 4.87. The minimum absolute atomic E-state index is 0.00563. The number of likely N-dealkylation sites (tertiary alicyclic amines) is 1. The Morgan fingerprint density at radius 2 is 2.06 bits per heavy atom. The van der Waals surface area contributed by atoms with Crippen LogP contribution in [0.5, 0.6) is 11.5 Å². The number of para-hydroxylation sites is 1. The van der Waals surface area contributed by atoms with Crippen molar-refractivity contribution in [3.05, 3.63) is 52.5 Å². The third-order valence-corrected chi connectivity index (χ3v) is 6.38. The van der Waals surface area contributed by atoms with Crippen LogP contribution in [-0.4, -0.2) is 61.3 Å². The van der Waals surface area contributed by atoms with E-state index in [1.807, 2.05) is 0 Å². The third kappa shape index (κ3) is 2.81. The lowest BCUT2D eigenvalue weighted by atomic mass is 9.80. The predicted molar refractivity (Wildman–Crippen MR) is 112 cm³/mol. The van der Waals surface area contributed by atoms with Gasteiger partial charge in [0.1, 0.15) is 6.17 Å². The Morgan fingerprint density at radius 1 is 1.26 bits per heavy atom. The summed E-state index contributed by atoms with van der Waals surface area (Å²) in [6.45, 7) is -0.0770. The van der Waals surface area contributed by atoms with Gasteiger partial charge in [-0.3, -0.25) is 14.5 Å². The third-order valence-electron chi connectivity index (χ3n) is 6.14. The molecule has 0 bridgehead atoms. The average Bonchev–Trinajstić information content (AvgIpc) is 3.43. The summed E-state index contributed by atoms with van der Waals surface area (Å²) >= 11 is 6.33. The first-order valence-corrected chi connectivity index (χ1v) is 10.3. The molecule has 0 radical (unpaired) electrons. The van der Waals surface area contributed by atoms with Crippen molar-refractivity contribution >= 4 is 29.1 Å². The minimum atomic E-state index is -1.50. The van der Waals surface area contributed by atoms with Gasteiger partial charge < -0.3 is 19.7 Å². The van der Waals surface area contributed by atoms with Gasteiger partial charge in [0.05, 0.1) is 6.04 Å². The molecule has 1 fully saturated rings. The van der Waals surface area contributed by atoms with Crippen LogP contribution in [0.15, 0.2) is 36.4 Å². The zero-order chi connectivity index (χ0) is 21.9. The van der Waals surface area contributed by atoms with Crippen LogP contribution >= 0.6 is 11.6 Å². The van der Waals surface area contributed by atoms with Gasteiger partial charge >= 0.3 is 0 Å². The van der Waals surface area contributed by atoms with Crippen LogP contribution in [0.2, 0.25) is 5.02 Å². The van der Waals surface area contributed by atoms with E-state index in [9.17, 15) is 14.0 Å². The number of fused-ring (bicyclic) bond motifs is 2. The number of carbonyl (C=O) groups excluding carboxylic acids is 2. The van der Waals surface area contributed by atoms with E-state index in [-0.39, 0.29) is 31.6 Å². The minimum Gasteiger partial charge on any atom is -0.454 e. The van der Waals surface area contributed by atoms with Gasteiger partial charge in [0.25, 0.3) is 5.91 Å². The Bertz CT molecular complexity index is 1090. The molecule has 0 aromatic heterocycles. The fourth-order valence-corrected chi connectivity index (χ4v) is 5.04. The number of alkyl halides is 1. The van der Waals surface area contributed by atoms with Gasteiger partial charge in [0.2, 0.25) is 12.7 Å². The Kier molecular flexibility index (Phi) is 4.60. The van der Waals surface area contributed by atoms with Crippen LogP contribution in [0.3, 0.4) is 0 Å². The topological polar surface area (TPSA) is 71.1 Å². The highest BCUT2D eigenvalue weighted by molar-refractivity contribution is 6.31. The van der Waals surface area contributed by atoms with E-state index >= 15 is 0 Å². The van der Waals surface area contributed by atoms with Crippen molar-refractivity contribution in [3.8, 4) is 11.5 Å². The molecule has 0 saturated carbocycles. The molecule has 1 unspecified atom stereocenters. The molecule has 0 aliphatic carbocycles. The van der Waals surface area contributed by atoms with Crippen molar-refractivity contribution in [1.82, 2.24) is 9.80 Å². The zero-order valence-electron chi connectivity index (χ0n) is 17.0. The van der Waals surface area contributed by atoms with E-state index in [4.69, 9.17) is 21.1 Å². The summed E-state index contributed by atoms with van der Waals surface area (Å²) in [6.07, 6.45) is -1.27. The molecule has 5 rings (SSSR count). The summed E-state index contributed by atoms with van der Waals surface area (Å²) in [4.78, 5) is 29.9. The molecule has 3 aliphatic heterocycles. The van der Waals surface area contributed by atoms with Crippen molar-refractivity contribution in [2.75, 3.05) is 32.7 Å². The first-order chi connectivity index (χ1) is 14.8. The Morgan fingerprint density at radius 3 is 2.84 bits per heavy atom. The second-order valence-corrected chi connectivity index (χ2v) is 8.56. The molecule has 162 valence electrons. The average molecular weight is 446 g/mol. The lowest BCUT2D eigenvalue weighted by Gasteiger charge is -2.41. The standard InChI is InChI=1S/C22H21ClFN3O4/c1-26(2)20(28)17-9-13(24)10-27(17)22(14-4-3-5-18-19(14)31-11-30-18)15-8-12(23)6-7-16(15)25-21(22)29/h3-8,13,17H,9-11H2,1-2H3,(H,25,29)/t13-,17+,22?/m1/s1. The molecule has 2 aromatic rings. The van der Waals surface area contributed by atoms with Gasteiger partial charge in [-0.15, -0.1) is 0 Å². The normalized spacial score (nSPS) is 26.6. The first kappa shape index (κ1) is 20.1. The van der Waals surface area contributed by atoms with Gasteiger partial charge in [-0.2, -0.15) is 0 Å². The van der Waals surface area contributed by atoms with Gasteiger partial charge in [-0.1, -0.05) is 23.7 Å². The molecular formula is C22H21ClFN3O4. The number of halogens is 2. The van der Waals surface area contributed by atoms with Crippen molar-refractivity contribution in [2.24, 2.45) is 0 Å². The number of carbonyl (C=O) groups is 2. The maximum Gasteiger partial charge on any atom is 0.254 e. The molecule has 3 atom stereocenters. The van der Waals surface area contributed by atoms with Crippen LogP contribution in [0.1, 0.15) is 17.5 Å². The largest absolute Gasteiger partial charge is 0.454 e. The Balaban J connectivity index is 1.81. The van der Waals surface area contributed by atoms with Crippen LogP contribution in [-0.2, 0) is 15.1 Å². The van der Waals surface area contributed by atoms with E-state index < -0.39 is 17.8 Å². The Labute approximate surface area is 183 Å². The molecule has 2 amide bonds. The number of benzene rings is 2. The fraction of sp³-hybridized carbons (Fsp3) is 0.364. The molecular weight excluding hydrogens is 425 g/mol. The summed E-state index contributed by atoms with van der Waals surface area (Å²) in [5.41, 5.74) is 0.103. The monoisotopic (exact) mass is 445 g/mol. The summed E-state index contributed by atoms with van der Waals surface area (Å²) in [7, 11) is 3.24. The number of anilines is 1. The highest BCUT2D eigenvalue weighted by Crippen LogP contribution is 2.53. The van der Waals surface area contributed by atoms with Crippen molar-refractivity contribution < 1.29 is 23.5 Å². The van der Waals surface area contributed by atoms with Crippen LogP contribution < -0.4 is 14.8 Å². The lowest BCUT2D eigenvalue weighted by Crippen LogP contribution is -2.57. The highest BCUT2D eigenvalue weighted by Gasteiger charge is 2.60. The van der Waals surface area contributed by atoms with E-state index in [2.05, 4.69) is 5.32 Å². The summed E-state index contributed by atoms with van der Waals surface area (Å²) in [6, 6.07) is 9.50. The number of ether oxygens (including phenoxy) is 2. The molecule has 2 aromatic carbocycles. The number of hydrogen-bond acceptors (Lipinski definition) is 5. The number of nitrogens with zero attached hydrogens (tertiary/aromatic N) is 2. The first-order valence-electron chi connectivity index (χ1n) is 9.96. The molecule has 3 aliphatic rings. The maximum atomic E-state index is 14.8. The number of amides is 2. The van der Waals surface area contributed by atoms with Crippen molar-refractivity contribution in [2.45, 2.75) is 24.2 Å². The van der Waals surface area contributed by atoms with Crippen molar-refractivity contribution in [1.29, 1.82) is 0 Å². The van der Waals surface area contributed by atoms with Gasteiger partial charge in [-0.05, 0) is 24.3 Å². The summed E-state index contributed by atoms with van der Waals surface area (Å²) < 4.78 is 26.1. The SMILES string of the molecule is CN(C)C(=O)[C@@H]1C[C@@H](F)CN1C1(c2cccc3c2OCO3)C(=O)Nc2ccc(Cl)cc21. The molecule has 0 spiro atoms. The predicted octanol–water partition coefficient (Wildman–Crippen LogP) is 2.77. The van der Waals surface area contributed by atoms with E-state index in [1.165, 1.54) is 4.90 Å². The van der Waals surface area contributed by atoms with Crippen molar-refractivity contribution in [3.63, 3.8) is 0 Å². The number of rotatable bonds is 3. The lowest BCUT2D eigenvalue weighted by molar-refractivity contribution is -0.138. The zero-order valence-corrected chi connectivity index (χ0v) is 17.8. The van der Waals surface area contributed by atoms with E-state index in [0.29, 0.717) is 33.3 Å². The quantitative estimate of drug-likeness (QED) is 0.786. The van der Waals surface area contributed by atoms with E-state index in [0.717, 1.165) is 0 Å². The Hall–Kier alpha value is -2.84. The van der Waals surface area contributed by atoms with E-state index in [1.54, 1.807) is 55.4 Å². The molecule has 9 heteroatoms. The van der Waals surface area contributed by atoms with Crippen LogP contribution in [0.25, 0.3) is 0 Å². The summed E-state index contributed by atoms with van der Waals surface area (Å²) in [5.74, 6) is 0.238. The number of hydrogen-bond donors (Lipinski definition) is 1. The molecule has 7 nitrogen and oxygen atoms in total. The smallest absolute Gasteiger partial charge is 0.254 e. The van der Waals surface area contributed by atoms with Crippen LogP contribution in [0.4, 0.5) is 10.1 Å². The van der Waals surface area contributed by atoms with Gasteiger partial charge in [0, 0.05) is 48.9 Å². The maximum absolute atomic E-state index is 14.8. The van der Waals surface area contributed by atoms with Crippen LogP contribution in [0, 0.1) is 0 Å².